The number of rotatable bonds is 9. The Labute approximate surface area is 167 Å². The van der Waals surface area contributed by atoms with Crippen LogP contribution in [-0.2, 0) is 0 Å². The average Bonchev–Trinajstić information content (AvgIpc) is 2.60. The highest BCUT2D eigenvalue weighted by Crippen LogP contribution is 2.32. The van der Waals surface area contributed by atoms with Crippen molar-refractivity contribution < 1.29 is 18.3 Å². The van der Waals surface area contributed by atoms with E-state index in [9.17, 15) is 8.78 Å². The van der Waals surface area contributed by atoms with E-state index < -0.39 is 0 Å². The van der Waals surface area contributed by atoms with E-state index in [4.69, 9.17) is 9.47 Å². The Hall–Kier alpha value is -2.10. The molecule has 0 aliphatic heterocycles. The first-order valence-corrected chi connectivity index (χ1v) is 10.1. The number of hydrogen-bond acceptors (Lipinski definition) is 2. The van der Waals surface area contributed by atoms with E-state index in [-0.39, 0.29) is 41.4 Å². The molecule has 0 N–H and O–H groups in total. The average molecular weight is 391 g/mol. The van der Waals surface area contributed by atoms with Crippen molar-refractivity contribution in [1.82, 2.24) is 0 Å². The summed E-state index contributed by atoms with van der Waals surface area (Å²) < 4.78 is 39.7. The van der Waals surface area contributed by atoms with Crippen LogP contribution >= 0.6 is 0 Å². The second-order valence-corrected chi connectivity index (χ2v) is 8.09. The summed E-state index contributed by atoms with van der Waals surface area (Å²) in [6.07, 6.45) is 1.61. The van der Waals surface area contributed by atoms with Gasteiger partial charge in [0.1, 0.15) is 11.6 Å². The Morgan fingerprint density at radius 2 is 1.36 bits per heavy atom. The molecule has 0 saturated carbocycles. The summed E-state index contributed by atoms with van der Waals surface area (Å²) in [4.78, 5) is 0. The van der Waals surface area contributed by atoms with Gasteiger partial charge in [0.05, 0.1) is 12.2 Å². The molecular formula is C24H32F2O2. The van der Waals surface area contributed by atoms with E-state index in [1.807, 2.05) is 46.8 Å². The van der Waals surface area contributed by atoms with Crippen LogP contribution in [0.25, 0.3) is 0 Å². The minimum Gasteiger partial charge on any atom is -0.491 e. The van der Waals surface area contributed by atoms with Gasteiger partial charge in [-0.2, -0.15) is 0 Å². The van der Waals surface area contributed by atoms with Crippen molar-refractivity contribution in [3.8, 4) is 11.5 Å². The van der Waals surface area contributed by atoms with Crippen LogP contribution in [0, 0.1) is 11.6 Å². The summed E-state index contributed by atoms with van der Waals surface area (Å²) in [5.41, 5.74) is 1.62. The Bertz CT molecular complexity index is 771. The second kappa shape index (κ2) is 9.90. The van der Waals surface area contributed by atoms with E-state index >= 15 is 0 Å². The Morgan fingerprint density at radius 1 is 0.714 bits per heavy atom. The van der Waals surface area contributed by atoms with Crippen molar-refractivity contribution in [3.63, 3.8) is 0 Å². The van der Waals surface area contributed by atoms with Crippen molar-refractivity contribution in [1.29, 1.82) is 0 Å². The van der Waals surface area contributed by atoms with Crippen LogP contribution in [0.1, 0.15) is 77.3 Å². The van der Waals surface area contributed by atoms with Gasteiger partial charge in [-0.25, -0.2) is 8.78 Å². The van der Waals surface area contributed by atoms with Gasteiger partial charge in [-0.3, -0.25) is 0 Å². The molecule has 0 aromatic heterocycles. The molecule has 0 spiro atoms. The van der Waals surface area contributed by atoms with Crippen LogP contribution in [-0.4, -0.2) is 12.2 Å². The number of halogens is 2. The molecular weight excluding hydrogens is 358 g/mol. The quantitative estimate of drug-likeness (QED) is 0.450. The van der Waals surface area contributed by atoms with Crippen LogP contribution in [0.4, 0.5) is 8.78 Å². The fourth-order valence-electron chi connectivity index (χ4n) is 3.25. The largest absolute Gasteiger partial charge is 0.491 e. The summed E-state index contributed by atoms with van der Waals surface area (Å²) in [5, 5.41) is 0. The number of hydrogen-bond donors (Lipinski definition) is 0. The van der Waals surface area contributed by atoms with Crippen LogP contribution in [0.2, 0.25) is 0 Å². The maximum atomic E-state index is 14.5. The highest BCUT2D eigenvalue weighted by molar-refractivity contribution is 5.32. The molecule has 0 amide bonds. The van der Waals surface area contributed by atoms with E-state index in [0.717, 1.165) is 18.4 Å². The third kappa shape index (κ3) is 6.22. The Morgan fingerprint density at radius 3 is 1.93 bits per heavy atom. The topological polar surface area (TPSA) is 18.5 Å². The van der Waals surface area contributed by atoms with Gasteiger partial charge in [0.2, 0.25) is 0 Å². The maximum absolute atomic E-state index is 14.5. The van der Waals surface area contributed by atoms with E-state index in [2.05, 4.69) is 6.92 Å². The molecule has 4 heteroatoms. The van der Waals surface area contributed by atoms with Gasteiger partial charge in [-0.05, 0) is 81.7 Å². The van der Waals surface area contributed by atoms with Gasteiger partial charge >= 0.3 is 0 Å². The molecule has 2 rings (SSSR count). The van der Waals surface area contributed by atoms with Crippen LogP contribution in [0.15, 0.2) is 36.4 Å². The van der Waals surface area contributed by atoms with Crippen LogP contribution < -0.4 is 9.47 Å². The molecule has 2 aromatic rings. The van der Waals surface area contributed by atoms with Gasteiger partial charge in [-0.15, -0.1) is 0 Å². The first-order valence-electron chi connectivity index (χ1n) is 10.1. The molecule has 2 aromatic carbocycles. The molecule has 2 atom stereocenters. The monoisotopic (exact) mass is 390 g/mol. The third-order valence-electron chi connectivity index (χ3n) is 4.79. The summed E-state index contributed by atoms with van der Waals surface area (Å²) >= 11 is 0. The van der Waals surface area contributed by atoms with Gasteiger partial charge in [-0.1, -0.05) is 26.0 Å². The molecule has 0 bridgehead atoms. The van der Waals surface area contributed by atoms with Gasteiger partial charge < -0.3 is 9.47 Å². The van der Waals surface area contributed by atoms with Crippen molar-refractivity contribution in [2.75, 3.05) is 0 Å². The molecule has 28 heavy (non-hydrogen) atoms. The predicted octanol–water partition coefficient (Wildman–Crippen LogP) is 7.23. The maximum Gasteiger partial charge on any atom is 0.165 e. The summed E-state index contributed by atoms with van der Waals surface area (Å²) in [6.45, 7) is 11.7. The molecule has 0 radical (unpaired) electrons. The lowest BCUT2D eigenvalue weighted by Gasteiger charge is -2.19. The zero-order valence-corrected chi connectivity index (χ0v) is 17.8. The zero-order valence-electron chi connectivity index (χ0n) is 17.8. The first kappa shape index (κ1) is 22.2. The van der Waals surface area contributed by atoms with E-state index in [0.29, 0.717) is 11.3 Å². The fourth-order valence-corrected chi connectivity index (χ4v) is 3.25. The lowest BCUT2D eigenvalue weighted by molar-refractivity contribution is 0.231. The van der Waals surface area contributed by atoms with Crippen molar-refractivity contribution in [2.24, 2.45) is 0 Å². The fraction of sp³-hybridized carbons (Fsp3) is 0.500. The lowest BCUT2D eigenvalue weighted by Crippen LogP contribution is -2.08. The van der Waals surface area contributed by atoms with Gasteiger partial charge in [0, 0.05) is 6.07 Å². The van der Waals surface area contributed by atoms with Crippen molar-refractivity contribution in [2.45, 2.75) is 78.4 Å². The molecule has 0 aliphatic carbocycles. The van der Waals surface area contributed by atoms with Crippen LogP contribution in [0.3, 0.4) is 0 Å². The predicted molar refractivity (Wildman–Crippen MR) is 110 cm³/mol. The molecule has 154 valence electrons. The van der Waals surface area contributed by atoms with Crippen LogP contribution in [0.5, 0.6) is 11.5 Å². The molecule has 0 saturated heterocycles. The van der Waals surface area contributed by atoms with E-state index in [1.165, 1.54) is 6.07 Å². The number of benzene rings is 2. The molecule has 0 fully saturated rings. The Balaban J connectivity index is 1.98. The molecule has 0 aliphatic rings. The smallest absolute Gasteiger partial charge is 0.165 e. The third-order valence-corrected chi connectivity index (χ3v) is 4.79. The Kier molecular flexibility index (Phi) is 7.85. The normalized spacial score (nSPS) is 13.6. The first-order chi connectivity index (χ1) is 13.2. The van der Waals surface area contributed by atoms with Crippen molar-refractivity contribution >= 4 is 0 Å². The second-order valence-electron chi connectivity index (χ2n) is 8.09. The molecule has 0 heterocycles. The standard InChI is InChI=1S/C24H32F2O2/c1-15(2)27-20-10-11-21(22(25)14-20)18(6)8-7-17(5)19-9-12-24(23(26)13-19)28-16(3)4/h9-18H,7-8H2,1-6H3. The van der Waals surface area contributed by atoms with Crippen molar-refractivity contribution in [3.05, 3.63) is 59.2 Å². The molecule has 2 nitrogen and oxygen atoms in total. The minimum absolute atomic E-state index is 0.0150. The SMILES string of the molecule is CC(C)Oc1ccc(C(C)CCC(C)c2ccc(OC(C)C)c(F)c2)c(F)c1. The van der Waals surface area contributed by atoms with Gasteiger partial charge in [0.15, 0.2) is 11.6 Å². The zero-order chi connectivity index (χ0) is 20.8. The number of ether oxygens (including phenoxy) is 2. The summed E-state index contributed by atoms with van der Waals surface area (Å²) in [7, 11) is 0. The highest BCUT2D eigenvalue weighted by atomic mass is 19.1. The summed E-state index contributed by atoms with van der Waals surface area (Å²) in [6, 6.07) is 10.2. The minimum atomic E-state index is -0.335. The summed E-state index contributed by atoms with van der Waals surface area (Å²) in [5.74, 6) is 0.513. The lowest BCUT2D eigenvalue weighted by atomic mass is 9.89. The van der Waals surface area contributed by atoms with Gasteiger partial charge in [0.25, 0.3) is 0 Å². The molecule has 2 unspecified atom stereocenters. The highest BCUT2D eigenvalue weighted by Gasteiger charge is 2.16. The van der Waals surface area contributed by atoms with E-state index in [1.54, 1.807) is 18.2 Å².